The van der Waals surface area contributed by atoms with Crippen LogP contribution in [0.5, 0.6) is 0 Å². The van der Waals surface area contributed by atoms with E-state index in [2.05, 4.69) is 0 Å². The van der Waals surface area contributed by atoms with Crippen molar-refractivity contribution in [3.8, 4) is 11.8 Å². The molecular weight excluding hydrogens is 511 g/mol. The van der Waals surface area contributed by atoms with Gasteiger partial charge in [0.2, 0.25) is 0 Å². The summed E-state index contributed by atoms with van der Waals surface area (Å²) < 4.78 is 66.7. The van der Waals surface area contributed by atoms with Gasteiger partial charge >= 0.3 is 11.9 Å². The third kappa shape index (κ3) is 5.45. The van der Waals surface area contributed by atoms with Gasteiger partial charge in [-0.25, -0.2) is 13.2 Å². The van der Waals surface area contributed by atoms with Crippen molar-refractivity contribution in [3.05, 3.63) is 96.7 Å². The number of hydrogen-bond acceptors (Lipinski definition) is 6. The highest BCUT2D eigenvalue weighted by Gasteiger charge is 2.32. The van der Waals surface area contributed by atoms with Crippen LogP contribution in [-0.2, 0) is 23.1 Å². The Labute approximate surface area is 209 Å². The molecule has 1 aromatic heterocycles. The molecule has 0 atom stereocenters. The zero-order valence-electron chi connectivity index (χ0n) is 19.8. The van der Waals surface area contributed by atoms with Crippen molar-refractivity contribution >= 4 is 27.4 Å². The standard InChI is InChI=1S/C24H20F3N5O4S/c1-14-20(21(19(13-29)37(3,35)36)30-17-9-7-15(12-28)8-10-17)22(33)31(2)23(34)32(14)18-6-4-5-16(11-18)24(25,26)27/h4-11,13,29-30H,1-3H3/p+1. The highest BCUT2D eigenvalue weighted by atomic mass is 32.2. The van der Waals surface area contributed by atoms with E-state index in [1.807, 2.05) is 6.07 Å². The number of rotatable bonds is 6. The average molecular weight is 533 g/mol. The normalized spacial score (nSPS) is 12.6. The highest BCUT2D eigenvalue weighted by Crippen LogP contribution is 2.30. The van der Waals surface area contributed by atoms with E-state index in [0.717, 1.165) is 36.1 Å². The third-order valence-electron chi connectivity index (χ3n) is 5.54. The van der Waals surface area contributed by atoms with Crippen LogP contribution < -0.4 is 16.6 Å². The maximum Gasteiger partial charge on any atom is 0.416 e. The molecule has 3 aromatic rings. The summed E-state index contributed by atoms with van der Waals surface area (Å²) in [5.74, 6) is 0. The van der Waals surface area contributed by atoms with Crippen LogP contribution in [0.1, 0.15) is 22.4 Å². The summed E-state index contributed by atoms with van der Waals surface area (Å²) in [5.41, 5.74) is -3.04. The molecule has 2 aromatic carbocycles. The van der Waals surface area contributed by atoms with Crippen molar-refractivity contribution in [1.29, 1.82) is 10.7 Å². The number of hydrogen-bond donors (Lipinski definition) is 2. The molecule has 0 aliphatic carbocycles. The van der Waals surface area contributed by atoms with Crippen LogP contribution in [0.2, 0.25) is 0 Å². The van der Waals surface area contributed by atoms with Crippen molar-refractivity contribution in [1.82, 2.24) is 9.13 Å². The van der Waals surface area contributed by atoms with Gasteiger partial charge in [-0.2, -0.15) is 18.4 Å². The van der Waals surface area contributed by atoms with Crippen molar-refractivity contribution < 1.29 is 26.9 Å². The average Bonchev–Trinajstić information content (AvgIpc) is 2.82. The van der Waals surface area contributed by atoms with Crippen LogP contribution in [-0.4, -0.2) is 30.0 Å². The maximum atomic E-state index is 13.3. The van der Waals surface area contributed by atoms with Crippen LogP contribution in [0.15, 0.2) is 63.0 Å². The largest absolute Gasteiger partial charge is 0.416 e. The van der Waals surface area contributed by atoms with Gasteiger partial charge in [-0.15, -0.1) is 0 Å². The summed E-state index contributed by atoms with van der Waals surface area (Å²) in [7, 11) is -2.97. The number of alkyl halides is 3. The van der Waals surface area contributed by atoms with Crippen LogP contribution in [0.4, 0.5) is 18.9 Å². The van der Waals surface area contributed by atoms with Crippen LogP contribution in [0, 0.1) is 23.7 Å². The number of nitrogens with two attached hydrogens (primary N) is 1. The summed E-state index contributed by atoms with van der Waals surface area (Å²) >= 11 is 0. The predicted octanol–water partition coefficient (Wildman–Crippen LogP) is 1.99. The molecule has 192 valence electrons. The Morgan fingerprint density at radius 1 is 1.14 bits per heavy atom. The minimum absolute atomic E-state index is 0.129. The fourth-order valence-corrected chi connectivity index (χ4v) is 4.50. The number of halogens is 3. The van der Waals surface area contributed by atoms with Gasteiger partial charge in [0.15, 0.2) is 15.5 Å². The highest BCUT2D eigenvalue weighted by molar-refractivity contribution is 7.95. The summed E-state index contributed by atoms with van der Waals surface area (Å²) in [5, 5.41) is 18.1. The molecule has 9 nitrogen and oxygen atoms in total. The SMILES string of the molecule is Cc1c(C([NH2+]c2ccc(C#N)cc2)=C(C=N)S(C)(=O)=O)c(=O)n(C)c(=O)n1-c1cccc(C(F)(F)F)c1. The molecule has 3 N–H and O–H groups in total. The molecule has 13 heteroatoms. The van der Waals surface area contributed by atoms with Crippen molar-refractivity contribution in [2.45, 2.75) is 13.1 Å². The smallest absolute Gasteiger partial charge is 0.307 e. The molecule has 0 unspecified atom stereocenters. The first-order valence-electron chi connectivity index (χ1n) is 10.5. The van der Waals surface area contributed by atoms with Crippen LogP contribution >= 0.6 is 0 Å². The first kappa shape index (κ1) is 27.3. The molecule has 0 aliphatic rings. The number of benzene rings is 2. The summed E-state index contributed by atoms with van der Waals surface area (Å²) in [4.78, 5) is 25.8. The number of nitrogens with zero attached hydrogens (tertiary/aromatic N) is 3. The van der Waals surface area contributed by atoms with E-state index >= 15 is 0 Å². The van der Waals surface area contributed by atoms with E-state index in [1.54, 1.807) is 0 Å². The van der Waals surface area contributed by atoms with Crippen LogP contribution in [0.3, 0.4) is 0 Å². The molecule has 0 amide bonds. The van der Waals surface area contributed by atoms with Gasteiger partial charge in [-0.05, 0) is 37.3 Å². The van der Waals surface area contributed by atoms with Gasteiger partial charge in [0.1, 0.15) is 16.2 Å². The second-order valence-electron chi connectivity index (χ2n) is 8.06. The molecule has 0 saturated heterocycles. The Kier molecular flexibility index (Phi) is 7.38. The molecule has 0 spiro atoms. The minimum atomic E-state index is -4.70. The first-order chi connectivity index (χ1) is 17.2. The van der Waals surface area contributed by atoms with E-state index < -0.39 is 37.7 Å². The van der Waals surface area contributed by atoms with E-state index in [1.165, 1.54) is 42.6 Å². The Morgan fingerprint density at radius 2 is 1.76 bits per heavy atom. The zero-order valence-corrected chi connectivity index (χ0v) is 20.6. The molecule has 0 bridgehead atoms. The van der Waals surface area contributed by atoms with Gasteiger partial charge in [0, 0.05) is 37.3 Å². The lowest BCUT2D eigenvalue weighted by molar-refractivity contribution is -0.469. The Balaban J connectivity index is 2.43. The van der Waals surface area contributed by atoms with Gasteiger partial charge in [-0.1, -0.05) is 6.07 Å². The number of sulfone groups is 1. The number of quaternary nitrogens is 1. The van der Waals surface area contributed by atoms with E-state index in [0.29, 0.717) is 22.0 Å². The summed E-state index contributed by atoms with van der Waals surface area (Å²) in [6, 6.07) is 11.8. The van der Waals surface area contributed by atoms with Gasteiger partial charge in [0.05, 0.1) is 22.9 Å². The molecule has 37 heavy (non-hydrogen) atoms. The van der Waals surface area contributed by atoms with E-state index in [4.69, 9.17) is 10.7 Å². The zero-order chi connectivity index (χ0) is 27.7. The lowest BCUT2D eigenvalue weighted by Gasteiger charge is -2.18. The maximum absolute atomic E-state index is 13.3. The lowest BCUT2D eigenvalue weighted by Crippen LogP contribution is -2.76. The number of aromatic nitrogens is 2. The number of allylic oxidation sites excluding steroid dienone is 1. The Hall–Kier alpha value is -4.28. The van der Waals surface area contributed by atoms with Crippen molar-refractivity contribution in [2.24, 2.45) is 7.05 Å². The minimum Gasteiger partial charge on any atom is -0.307 e. The van der Waals surface area contributed by atoms with E-state index in [-0.39, 0.29) is 22.6 Å². The summed E-state index contributed by atoms with van der Waals surface area (Å²) in [6.45, 7) is 1.30. The summed E-state index contributed by atoms with van der Waals surface area (Å²) in [6.07, 6.45) is -3.32. The van der Waals surface area contributed by atoms with Gasteiger partial charge < -0.3 is 5.41 Å². The third-order valence-corrected chi connectivity index (χ3v) is 6.68. The molecule has 3 rings (SSSR count). The topological polar surface area (TPSA) is 142 Å². The monoisotopic (exact) mass is 532 g/mol. The van der Waals surface area contributed by atoms with Gasteiger partial charge in [0.25, 0.3) is 5.56 Å². The lowest BCUT2D eigenvalue weighted by atomic mass is 10.1. The fourth-order valence-electron chi connectivity index (χ4n) is 3.72. The second kappa shape index (κ2) is 10.00. The Morgan fingerprint density at radius 3 is 2.27 bits per heavy atom. The quantitative estimate of drug-likeness (QED) is 0.369. The Bertz CT molecular complexity index is 1690. The molecular formula is C24H21F3N5O4S+. The molecule has 0 radical (unpaired) electrons. The number of nitriles is 1. The fraction of sp³-hybridized carbons (Fsp3) is 0.167. The molecule has 0 fully saturated rings. The van der Waals surface area contributed by atoms with Crippen molar-refractivity contribution in [3.63, 3.8) is 0 Å². The predicted molar refractivity (Wildman–Crippen MR) is 130 cm³/mol. The van der Waals surface area contributed by atoms with Crippen molar-refractivity contribution in [2.75, 3.05) is 6.26 Å². The molecule has 0 aliphatic heterocycles. The molecule has 0 saturated carbocycles. The van der Waals surface area contributed by atoms with E-state index in [9.17, 15) is 31.2 Å². The number of nitrogens with one attached hydrogen (secondary N) is 1. The van der Waals surface area contributed by atoms with Gasteiger partial charge in [-0.3, -0.25) is 19.2 Å². The molecule has 1 heterocycles. The van der Waals surface area contributed by atoms with Crippen LogP contribution in [0.25, 0.3) is 11.4 Å². The second-order valence-corrected chi connectivity index (χ2v) is 10.0. The first-order valence-corrected chi connectivity index (χ1v) is 12.4.